The van der Waals surface area contributed by atoms with Gasteiger partial charge in [-0.2, -0.15) is 0 Å². The molecule has 0 saturated carbocycles. The van der Waals surface area contributed by atoms with E-state index in [0.717, 1.165) is 24.3 Å². The van der Waals surface area contributed by atoms with Crippen molar-refractivity contribution in [1.29, 1.82) is 0 Å². The molecule has 23 heavy (non-hydrogen) atoms. The second-order valence-electron chi connectivity index (χ2n) is 5.73. The number of hydrogen-bond acceptors (Lipinski definition) is 3. The molecule has 2 aromatic rings. The minimum atomic E-state index is -0.759. The zero-order valence-electron chi connectivity index (χ0n) is 12.4. The first-order valence-electron chi connectivity index (χ1n) is 7.52. The zero-order chi connectivity index (χ0) is 16.4. The Bertz CT molecular complexity index is 687. The molecule has 2 unspecified atom stereocenters. The normalized spacial score (nSPS) is 20.3. The van der Waals surface area contributed by atoms with E-state index >= 15 is 0 Å². The van der Waals surface area contributed by atoms with Gasteiger partial charge >= 0.3 is 5.97 Å². The Hall–Kier alpha value is -1.49. The molecule has 1 fully saturated rings. The summed E-state index contributed by atoms with van der Waals surface area (Å²) in [5.74, 6) is -0.399. The lowest BCUT2D eigenvalue weighted by molar-refractivity contribution is -0.143. The number of nitrogens with zero attached hydrogens (tertiary/aromatic N) is 1. The topological polar surface area (TPSA) is 53.7 Å². The Morgan fingerprint density at radius 2 is 2.13 bits per heavy atom. The third-order valence-corrected chi connectivity index (χ3v) is 5.09. The average molecular weight is 354 g/mol. The smallest absolute Gasteiger partial charge is 0.307 e. The Labute approximate surface area is 144 Å². The Kier molecular flexibility index (Phi) is 4.95. The number of likely N-dealkylation sites (tertiary alicyclic amines) is 1. The van der Waals surface area contributed by atoms with E-state index in [9.17, 15) is 9.90 Å². The van der Waals surface area contributed by atoms with Gasteiger partial charge in [-0.3, -0.25) is 9.69 Å². The summed E-state index contributed by atoms with van der Waals surface area (Å²) in [7, 11) is 0. The molecule has 6 heteroatoms. The van der Waals surface area contributed by atoms with Crippen molar-refractivity contribution in [3.05, 3.63) is 58.0 Å². The fourth-order valence-electron chi connectivity index (χ4n) is 3.15. The summed E-state index contributed by atoms with van der Waals surface area (Å²) >= 11 is 12.6. The molecule has 3 rings (SSSR count). The van der Waals surface area contributed by atoms with Gasteiger partial charge in [0.05, 0.1) is 28.3 Å². The maximum atomic E-state index is 11.4. The predicted molar refractivity (Wildman–Crippen MR) is 88.9 cm³/mol. The maximum Gasteiger partial charge on any atom is 0.307 e. The summed E-state index contributed by atoms with van der Waals surface area (Å²) in [6, 6.07) is 8.96. The van der Waals surface area contributed by atoms with Crippen molar-refractivity contribution in [3.63, 3.8) is 0 Å². The molecule has 4 nitrogen and oxygen atoms in total. The second kappa shape index (κ2) is 6.95. The first kappa shape index (κ1) is 16.4. The van der Waals surface area contributed by atoms with Crippen LogP contribution in [0.15, 0.2) is 41.0 Å². The zero-order valence-corrected chi connectivity index (χ0v) is 13.9. The molecule has 122 valence electrons. The molecular formula is C17H17Cl2NO3. The van der Waals surface area contributed by atoms with E-state index in [1.54, 1.807) is 12.3 Å². The molecule has 0 spiro atoms. The van der Waals surface area contributed by atoms with Crippen LogP contribution in [0.3, 0.4) is 0 Å². The molecule has 0 radical (unpaired) electrons. The van der Waals surface area contributed by atoms with E-state index in [1.165, 1.54) is 0 Å². The lowest BCUT2D eigenvalue weighted by Crippen LogP contribution is -2.41. The number of furan rings is 1. The van der Waals surface area contributed by atoms with Crippen molar-refractivity contribution in [2.45, 2.75) is 18.9 Å². The van der Waals surface area contributed by atoms with Crippen LogP contribution in [0.2, 0.25) is 10.0 Å². The molecule has 1 N–H and O–H groups in total. The van der Waals surface area contributed by atoms with Crippen LogP contribution < -0.4 is 0 Å². The third-order valence-electron chi connectivity index (χ3n) is 4.26. The van der Waals surface area contributed by atoms with Crippen LogP contribution in [0.25, 0.3) is 0 Å². The largest absolute Gasteiger partial charge is 0.481 e. The molecule has 1 aromatic heterocycles. The molecule has 1 aliphatic heterocycles. The Morgan fingerprint density at radius 1 is 1.30 bits per heavy atom. The highest BCUT2D eigenvalue weighted by Crippen LogP contribution is 2.38. The van der Waals surface area contributed by atoms with Gasteiger partial charge < -0.3 is 9.52 Å². The van der Waals surface area contributed by atoms with E-state index in [1.807, 2.05) is 24.3 Å². The summed E-state index contributed by atoms with van der Waals surface area (Å²) in [5.41, 5.74) is 0.833. The number of carboxylic acid groups (broad SMARTS) is 1. The summed E-state index contributed by atoms with van der Waals surface area (Å²) in [4.78, 5) is 13.5. The highest BCUT2D eigenvalue weighted by molar-refractivity contribution is 6.42. The summed E-state index contributed by atoms with van der Waals surface area (Å²) in [5, 5.41) is 10.3. The average Bonchev–Trinajstić information content (AvgIpc) is 3.06. The van der Waals surface area contributed by atoms with Gasteiger partial charge in [0.25, 0.3) is 0 Å². The van der Waals surface area contributed by atoms with Crippen molar-refractivity contribution >= 4 is 29.2 Å². The van der Waals surface area contributed by atoms with E-state index in [-0.39, 0.29) is 12.0 Å². The van der Waals surface area contributed by atoms with E-state index in [0.29, 0.717) is 23.0 Å². The molecule has 0 bridgehead atoms. The minimum Gasteiger partial charge on any atom is -0.481 e. The number of hydrogen-bond donors (Lipinski definition) is 1. The minimum absolute atomic E-state index is 0.238. The van der Waals surface area contributed by atoms with Gasteiger partial charge in [0.15, 0.2) is 0 Å². The predicted octanol–water partition coefficient (Wildman–Crippen LogP) is 4.47. The van der Waals surface area contributed by atoms with Crippen molar-refractivity contribution in [2.75, 3.05) is 13.1 Å². The SMILES string of the molecule is O=C(O)C1CCCN(C(c2ccco2)c2cccc(Cl)c2Cl)C1. The first-order chi connectivity index (χ1) is 11.1. The van der Waals surface area contributed by atoms with Gasteiger partial charge in [-0.1, -0.05) is 35.3 Å². The number of carbonyl (C=O) groups is 1. The van der Waals surface area contributed by atoms with Crippen LogP contribution in [0.4, 0.5) is 0 Å². The summed E-state index contributed by atoms with van der Waals surface area (Å²) in [6.45, 7) is 1.25. The Balaban J connectivity index is 2.00. The van der Waals surface area contributed by atoms with Crippen molar-refractivity contribution in [3.8, 4) is 0 Å². The van der Waals surface area contributed by atoms with Crippen LogP contribution in [0.5, 0.6) is 0 Å². The summed E-state index contributed by atoms with van der Waals surface area (Å²) in [6.07, 6.45) is 3.13. The van der Waals surface area contributed by atoms with E-state index in [2.05, 4.69) is 4.90 Å². The first-order valence-corrected chi connectivity index (χ1v) is 8.27. The number of carboxylic acids is 1. The number of piperidine rings is 1. The fourth-order valence-corrected chi connectivity index (χ4v) is 3.56. The van der Waals surface area contributed by atoms with Gasteiger partial charge in [0.1, 0.15) is 5.76 Å². The van der Waals surface area contributed by atoms with Gasteiger partial charge in [-0.15, -0.1) is 0 Å². The van der Waals surface area contributed by atoms with Crippen LogP contribution >= 0.6 is 23.2 Å². The molecular weight excluding hydrogens is 337 g/mol. The molecule has 0 amide bonds. The molecule has 2 heterocycles. The van der Waals surface area contributed by atoms with E-state index < -0.39 is 5.97 Å². The highest BCUT2D eigenvalue weighted by atomic mass is 35.5. The van der Waals surface area contributed by atoms with Crippen LogP contribution in [0, 0.1) is 5.92 Å². The second-order valence-corrected chi connectivity index (χ2v) is 6.52. The van der Waals surface area contributed by atoms with Crippen molar-refractivity contribution in [1.82, 2.24) is 4.90 Å². The highest BCUT2D eigenvalue weighted by Gasteiger charge is 2.33. The van der Waals surface area contributed by atoms with Gasteiger partial charge in [0, 0.05) is 6.54 Å². The summed E-state index contributed by atoms with van der Waals surface area (Å²) < 4.78 is 5.60. The quantitative estimate of drug-likeness (QED) is 0.880. The molecule has 1 saturated heterocycles. The van der Waals surface area contributed by atoms with Gasteiger partial charge in [-0.05, 0) is 43.1 Å². The standard InChI is InChI=1S/C17H17Cl2NO3/c18-13-6-1-5-12(15(13)19)16(14-7-3-9-23-14)20-8-2-4-11(10-20)17(21)22/h1,3,5-7,9,11,16H,2,4,8,10H2,(H,21,22). The van der Waals surface area contributed by atoms with E-state index in [4.69, 9.17) is 27.6 Å². The molecule has 2 atom stereocenters. The fraction of sp³-hybridized carbons (Fsp3) is 0.353. The van der Waals surface area contributed by atoms with Crippen molar-refractivity contribution in [2.24, 2.45) is 5.92 Å². The van der Waals surface area contributed by atoms with Crippen molar-refractivity contribution < 1.29 is 14.3 Å². The molecule has 1 aromatic carbocycles. The van der Waals surface area contributed by atoms with Crippen LogP contribution in [-0.4, -0.2) is 29.1 Å². The lowest BCUT2D eigenvalue weighted by atomic mass is 9.94. The lowest BCUT2D eigenvalue weighted by Gasteiger charge is -2.36. The van der Waals surface area contributed by atoms with Crippen LogP contribution in [0.1, 0.15) is 30.2 Å². The van der Waals surface area contributed by atoms with Crippen LogP contribution in [-0.2, 0) is 4.79 Å². The number of rotatable bonds is 4. The van der Waals surface area contributed by atoms with Gasteiger partial charge in [0.2, 0.25) is 0 Å². The van der Waals surface area contributed by atoms with Gasteiger partial charge in [-0.25, -0.2) is 0 Å². The molecule has 0 aliphatic carbocycles. The molecule has 1 aliphatic rings. The monoisotopic (exact) mass is 353 g/mol. The number of benzene rings is 1. The number of halogens is 2. The number of aliphatic carboxylic acids is 1. The Morgan fingerprint density at radius 3 is 2.83 bits per heavy atom. The maximum absolute atomic E-state index is 11.4. The third kappa shape index (κ3) is 3.39.